The zero-order chi connectivity index (χ0) is 26.2. The van der Waals surface area contributed by atoms with Crippen molar-refractivity contribution in [3.05, 3.63) is 65.9 Å². The minimum Gasteiger partial charge on any atom is -0.378 e. The number of ether oxygens (including phenoxy) is 1. The van der Waals surface area contributed by atoms with Crippen LogP contribution in [0.3, 0.4) is 0 Å². The third-order valence-corrected chi connectivity index (χ3v) is 6.47. The average molecular weight is 501 g/mol. The molecule has 1 saturated heterocycles. The van der Waals surface area contributed by atoms with E-state index in [2.05, 4.69) is 55.8 Å². The van der Waals surface area contributed by atoms with Crippen LogP contribution in [0.4, 0.5) is 11.5 Å². The first-order valence-corrected chi connectivity index (χ1v) is 12.4. The third kappa shape index (κ3) is 5.10. The number of anilines is 2. The van der Waals surface area contributed by atoms with Crippen molar-refractivity contribution in [3.63, 3.8) is 0 Å². The summed E-state index contributed by atoms with van der Waals surface area (Å²) in [4.78, 5) is 24.2. The largest absolute Gasteiger partial charge is 0.378 e. The maximum Gasteiger partial charge on any atom is 0.255 e. The molecule has 0 atom stereocenters. The van der Waals surface area contributed by atoms with E-state index in [4.69, 9.17) is 4.74 Å². The molecule has 1 aliphatic rings. The number of amides is 1. The number of imidazole rings is 1. The fourth-order valence-corrected chi connectivity index (χ4v) is 4.51. The molecule has 5 rings (SSSR count). The molecule has 4 aromatic rings. The predicted octanol–water partition coefficient (Wildman–Crippen LogP) is 3.76. The molecule has 3 aromatic heterocycles. The molecule has 1 aliphatic heterocycles. The molecule has 0 radical (unpaired) electrons. The lowest BCUT2D eigenvalue weighted by Crippen LogP contribution is -2.36. The van der Waals surface area contributed by atoms with E-state index in [0.29, 0.717) is 24.5 Å². The zero-order valence-corrected chi connectivity index (χ0v) is 21.9. The molecular formula is C27H32N8O2. The fourth-order valence-electron chi connectivity index (χ4n) is 4.51. The second kappa shape index (κ2) is 9.78. The Morgan fingerprint density at radius 3 is 2.59 bits per heavy atom. The summed E-state index contributed by atoms with van der Waals surface area (Å²) in [6.45, 7) is 11.2. The normalized spacial score (nSPS) is 14.1. The van der Waals surface area contributed by atoms with Crippen LogP contribution >= 0.6 is 0 Å². The fraction of sp³-hybridized carbons (Fsp3) is 0.370. The minimum absolute atomic E-state index is 0.0795. The summed E-state index contributed by atoms with van der Waals surface area (Å²) in [6.07, 6.45) is 5.38. The van der Waals surface area contributed by atoms with Crippen LogP contribution in [0, 0.1) is 6.92 Å². The Morgan fingerprint density at radius 1 is 1.08 bits per heavy atom. The van der Waals surface area contributed by atoms with Crippen LogP contribution in [0.1, 0.15) is 42.5 Å². The monoisotopic (exact) mass is 500 g/mol. The quantitative estimate of drug-likeness (QED) is 0.445. The Bertz CT molecular complexity index is 1430. The lowest BCUT2D eigenvalue weighted by molar-refractivity contribution is 0.102. The lowest BCUT2D eigenvalue weighted by Gasteiger charge is -2.27. The van der Waals surface area contributed by atoms with Gasteiger partial charge in [0.15, 0.2) is 0 Å². The van der Waals surface area contributed by atoms with Gasteiger partial charge in [-0.15, -0.1) is 5.10 Å². The zero-order valence-electron chi connectivity index (χ0n) is 21.9. The Kier molecular flexibility index (Phi) is 6.51. The highest BCUT2D eigenvalue weighted by Crippen LogP contribution is 2.27. The number of benzene rings is 1. The predicted molar refractivity (Wildman–Crippen MR) is 142 cm³/mol. The van der Waals surface area contributed by atoms with Gasteiger partial charge in [-0.2, -0.15) is 0 Å². The average Bonchev–Trinajstić information content (AvgIpc) is 3.52. The van der Waals surface area contributed by atoms with Gasteiger partial charge in [-0.3, -0.25) is 4.79 Å². The van der Waals surface area contributed by atoms with Gasteiger partial charge in [0.1, 0.15) is 17.3 Å². The van der Waals surface area contributed by atoms with Crippen molar-refractivity contribution in [2.75, 3.05) is 36.5 Å². The number of nitrogens with zero attached hydrogens (tertiary/aromatic N) is 7. The molecule has 1 aromatic carbocycles. The van der Waals surface area contributed by atoms with E-state index in [1.165, 1.54) is 0 Å². The first-order chi connectivity index (χ1) is 17.7. The third-order valence-electron chi connectivity index (χ3n) is 6.47. The summed E-state index contributed by atoms with van der Waals surface area (Å²) < 4.78 is 9.20. The molecule has 1 fully saturated rings. The van der Waals surface area contributed by atoms with Gasteiger partial charge >= 0.3 is 0 Å². The Hall–Kier alpha value is -4.05. The van der Waals surface area contributed by atoms with E-state index >= 15 is 0 Å². The molecule has 4 heterocycles. The molecule has 1 N–H and O–H groups in total. The highest BCUT2D eigenvalue weighted by Gasteiger charge is 2.22. The van der Waals surface area contributed by atoms with Gasteiger partial charge in [-0.25, -0.2) is 14.6 Å². The second-order valence-corrected chi connectivity index (χ2v) is 10.3. The molecular weight excluding hydrogens is 468 g/mol. The van der Waals surface area contributed by atoms with Crippen molar-refractivity contribution in [2.45, 2.75) is 33.1 Å². The highest BCUT2D eigenvalue weighted by atomic mass is 16.5. The van der Waals surface area contributed by atoms with Gasteiger partial charge in [-0.05, 0) is 36.8 Å². The van der Waals surface area contributed by atoms with Crippen molar-refractivity contribution < 1.29 is 9.53 Å². The number of rotatable bonds is 5. The van der Waals surface area contributed by atoms with Crippen LogP contribution in [0.2, 0.25) is 0 Å². The summed E-state index contributed by atoms with van der Waals surface area (Å²) in [5.74, 6) is 1.56. The maximum atomic E-state index is 13.1. The Balaban J connectivity index is 1.36. The van der Waals surface area contributed by atoms with Crippen molar-refractivity contribution in [2.24, 2.45) is 7.05 Å². The van der Waals surface area contributed by atoms with Crippen LogP contribution in [-0.2, 0) is 17.2 Å². The number of morpholine rings is 1. The number of carbonyl (C=O) groups is 1. The molecule has 10 nitrogen and oxygen atoms in total. The number of nitrogens with one attached hydrogen (secondary N) is 1. The van der Waals surface area contributed by atoms with Crippen molar-refractivity contribution in [3.8, 4) is 17.1 Å². The van der Waals surface area contributed by atoms with Crippen LogP contribution in [-0.4, -0.2) is 61.7 Å². The number of hydrogen-bond donors (Lipinski definition) is 1. The van der Waals surface area contributed by atoms with E-state index in [-0.39, 0.29) is 11.3 Å². The van der Waals surface area contributed by atoms with E-state index in [0.717, 1.165) is 47.4 Å². The molecule has 1 amide bonds. The van der Waals surface area contributed by atoms with E-state index in [1.807, 2.05) is 50.6 Å². The van der Waals surface area contributed by atoms with Crippen molar-refractivity contribution in [1.82, 2.24) is 29.5 Å². The first-order valence-electron chi connectivity index (χ1n) is 12.4. The standard InChI is InChI=1S/C27H32N8O2/c1-18-6-7-20(30-25(36)19-8-9-28-24(14-19)34-10-12-37-13-11-34)15-22(18)35-17-21(31-32-35)23-16-29-26(33(23)5)27(2,3)4/h6-9,14-17H,10-13H2,1-5H3,(H,30,36). The van der Waals surface area contributed by atoms with Gasteiger partial charge in [0.05, 0.1) is 37.0 Å². The van der Waals surface area contributed by atoms with Crippen LogP contribution in [0.15, 0.2) is 48.9 Å². The van der Waals surface area contributed by atoms with Crippen LogP contribution < -0.4 is 10.2 Å². The van der Waals surface area contributed by atoms with Gasteiger partial charge in [0.2, 0.25) is 0 Å². The summed E-state index contributed by atoms with van der Waals surface area (Å²) in [5.41, 5.74) is 4.60. The smallest absolute Gasteiger partial charge is 0.255 e. The number of aromatic nitrogens is 6. The van der Waals surface area contributed by atoms with E-state index in [9.17, 15) is 4.79 Å². The van der Waals surface area contributed by atoms with Gasteiger partial charge in [-0.1, -0.05) is 32.1 Å². The molecule has 10 heteroatoms. The number of aryl methyl sites for hydroxylation is 1. The number of pyridine rings is 1. The van der Waals surface area contributed by atoms with Crippen molar-refractivity contribution in [1.29, 1.82) is 0 Å². The second-order valence-electron chi connectivity index (χ2n) is 10.3. The molecule has 0 bridgehead atoms. The van der Waals surface area contributed by atoms with Gasteiger partial charge in [0, 0.05) is 43.0 Å². The molecule has 192 valence electrons. The minimum atomic E-state index is -0.199. The lowest BCUT2D eigenvalue weighted by atomic mass is 9.96. The Labute approximate surface area is 216 Å². The SMILES string of the molecule is Cc1ccc(NC(=O)c2ccnc(N3CCOCC3)c2)cc1-n1cc(-c2cnc(C(C)(C)C)n2C)nn1. The number of carbonyl (C=O) groups excluding carboxylic acids is 1. The molecule has 37 heavy (non-hydrogen) atoms. The van der Waals surface area contributed by atoms with Crippen LogP contribution in [0.5, 0.6) is 0 Å². The summed E-state index contributed by atoms with van der Waals surface area (Å²) in [7, 11) is 1.99. The highest BCUT2D eigenvalue weighted by molar-refractivity contribution is 6.04. The van der Waals surface area contributed by atoms with Gasteiger partial charge in [0.25, 0.3) is 5.91 Å². The summed E-state index contributed by atoms with van der Waals surface area (Å²) in [5, 5.41) is 11.8. The van der Waals surface area contributed by atoms with Gasteiger partial charge < -0.3 is 19.5 Å². The topological polar surface area (TPSA) is 103 Å². The molecule has 0 aliphatic carbocycles. The summed E-state index contributed by atoms with van der Waals surface area (Å²) in [6, 6.07) is 9.28. The summed E-state index contributed by atoms with van der Waals surface area (Å²) >= 11 is 0. The molecule has 0 unspecified atom stereocenters. The van der Waals surface area contributed by atoms with E-state index < -0.39 is 0 Å². The van der Waals surface area contributed by atoms with E-state index in [1.54, 1.807) is 16.9 Å². The number of hydrogen-bond acceptors (Lipinski definition) is 7. The molecule has 0 saturated carbocycles. The molecule has 0 spiro atoms. The van der Waals surface area contributed by atoms with Crippen molar-refractivity contribution >= 4 is 17.4 Å². The van der Waals surface area contributed by atoms with Crippen LogP contribution in [0.25, 0.3) is 17.1 Å². The Morgan fingerprint density at radius 2 is 1.86 bits per heavy atom. The first kappa shape index (κ1) is 24.6. The maximum absolute atomic E-state index is 13.1.